The number of aromatic nitrogens is 2. The third kappa shape index (κ3) is 5.43. The number of hydrogen-bond acceptors (Lipinski definition) is 7. The quantitative estimate of drug-likeness (QED) is 0.422. The molecule has 0 saturated heterocycles. The highest BCUT2D eigenvalue weighted by atomic mass is 32.2. The Morgan fingerprint density at radius 1 is 1.19 bits per heavy atom. The normalized spacial score (nSPS) is 10.5. The van der Waals surface area contributed by atoms with E-state index in [0.29, 0.717) is 11.7 Å². The largest absolute Gasteiger partial charge is 0.462 e. The van der Waals surface area contributed by atoms with Crippen LogP contribution in [0.4, 0.5) is 11.5 Å². The van der Waals surface area contributed by atoms with Crippen molar-refractivity contribution in [3.63, 3.8) is 0 Å². The molecule has 27 heavy (non-hydrogen) atoms. The monoisotopic (exact) mass is 388 g/mol. The summed E-state index contributed by atoms with van der Waals surface area (Å²) in [5, 5.41) is 0.339. The van der Waals surface area contributed by atoms with Gasteiger partial charge in [-0.25, -0.2) is 14.8 Å². The van der Waals surface area contributed by atoms with Crippen molar-refractivity contribution in [2.45, 2.75) is 32.3 Å². The van der Waals surface area contributed by atoms with Crippen molar-refractivity contribution in [1.82, 2.24) is 9.97 Å². The number of aryl methyl sites for hydroxylation is 1. The van der Waals surface area contributed by atoms with Gasteiger partial charge in [-0.1, -0.05) is 30.8 Å². The van der Waals surface area contributed by atoms with Crippen LogP contribution in [0.3, 0.4) is 0 Å². The second-order valence-electron chi connectivity index (χ2n) is 5.62. The van der Waals surface area contributed by atoms with E-state index in [-0.39, 0.29) is 29.6 Å². The predicted octanol–water partition coefficient (Wildman–Crippen LogP) is 2.94. The van der Waals surface area contributed by atoms with Gasteiger partial charge in [0.2, 0.25) is 5.91 Å². The summed E-state index contributed by atoms with van der Waals surface area (Å²) < 4.78 is 4.89. The molecule has 0 aliphatic rings. The summed E-state index contributed by atoms with van der Waals surface area (Å²) in [6.07, 6.45) is 2.28. The van der Waals surface area contributed by atoms with Gasteiger partial charge in [0.1, 0.15) is 11.4 Å². The molecule has 0 fully saturated rings. The summed E-state index contributed by atoms with van der Waals surface area (Å²) in [6.45, 7) is 6.54. The van der Waals surface area contributed by atoms with Gasteiger partial charge < -0.3 is 15.4 Å². The molecule has 0 radical (unpaired) electrons. The zero-order chi connectivity index (χ0) is 19.8. The smallest absolute Gasteiger partial charge is 0.343 e. The maximum absolute atomic E-state index is 12.6. The molecule has 1 amide bonds. The molecule has 0 bridgehead atoms. The van der Waals surface area contributed by atoms with Crippen LogP contribution in [0.15, 0.2) is 35.6 Å². The van der Waals surface area contributed by atoms with Crippen molar-refractivity contribution in [2.24, 2.45) is 0 Å². The van der Waals surface area contributed by atoms with E-state index in [9.17, 15) is 9.59 Å². The molecule has 1 heterocycles. The van der Waals surface area contributed by atoms with E-state index in [1.165, 1.54) is 23.5 Å². The van der Waals surface area contributed by atoms with E-state index in [2.05, 4.69) is 16.9 Å². The molecular formula is C19H24N4O3S. The molecule has 2 N–H and O–H groups in total. The number of rotatable bonds is 8. The maximum Gasteiger partial charge on any atom is 0.343 e. The Bertz CT molecular complexity index is 796. The van der Waals surface area contributed by atoms with E-state index in [1.807, 2.05) is 31.2 Å². The number of carbonyl (C=O) groups is 2. The summed E-state index contributed by atoms with van der Waals surface area (Å²) in [6, 6.07) is 7.95. The molecular weight excluding hydrogens is 364 g/mol. The van der Waals surface area contributed by atoms with Crippen molar-refractivity contribution < 1.29 is 14.3 Å². The highest BCUT2D eigenvalue weighted by molar-refractivity contribution is 7.99. The Kier molecular flexibility index (Phi) is 7.60. The summed E-state index contributed by atoms with van der Waals surface area (Å²) in [7, 11) is 0. The van der Waals surface area contributed by atoms with Gasteiger partial charge >= 0.3 is 5.97 Å². The van der Waals surface area contributed by atoms with E-state index in [1.54, 1.807) is 11.8 Å². The van der Waals surface area contributed by atoms with Crippen LogP contribution in [-0.2, 0) is 16.0 Å². The lowest BCUT2D eigenvalue weighted by molar-refractivity contribution is -0.116. The number of carbonyl (C=O) groups excluding carboxylic acids is 2. The van der Waals surface area contributed by atoms with E-state index < -0.39 is 5.97 Å². The van der Waals surface area contributed by atoms with Gasteiger partial charge in [0, 0.05) is 18.4 Å². The van der Waals surface area contributed by atoms with Gasteiger partial charge in [-0.2, -0.15) is 0 Å². The molecule has 0 aliphatic carbocycles. The first-order valence-electron chi connectivity index (χ1n) is 8.81. The first-order chi connectivity index (χ1) is 13.0. The third-order valence-corrected chi connectivity index (χ3v) is 4.74. The van der Waals surface area contributed by atoms with Crippen LogP contribution in [-0.4, -0.2) is 40.7 Å². The SMILES string of the molecule is CCOC(=O)c1cnc(SCC(=O)N(CC)c2ccc(CC)cc2)nc1N. The molecule has 0 spiro atoms. The van der Waals surface area contributed by atoms with Crippen molar-refractivity contribution in [3.8, 4) is 0 Å². The van der Waals surface area contributed by atoms with Crippen LogP contribution >= 0.6 is 11.8 Å². The third-order valence-electron chi connectivity index (χ3n) is 3.89. The second-order valence-corrected chi connectivity index (χ2v) is 6.56. The van der Waals surface area contributed by atoms with Crippen LogP contribution in [0.1, 0.15) is 36.7 Å². The summed E-state index contributed by atoms with van der Waals surface area (Å²) in [5.74, 6) is -0.402. The molecule has 0 saturated carbocycles. The highest BCUT2D eigenvalue weighted by Gasteiger charge is 2.17. The molecule has 1 aromatic carbocycles. The fourth-order valence-electron chi connectivity index (χ4n) is 2.43. The van der Waals surface area contributed by atoms with Crippen LogP contribution in [0.25, 0.3) is 0 Å². The lowest BCUT2D eigenvalue weighted by atomic mass is 10.1. The maximum atomic E-state index is 12.6. The van der Waals surface area contributed by atoms with E-state index >= 15 is 0 Å². The number of hydrogen-bond donors (Lipinski definition) is 1. The fraction of sp³-hybridized carbons (Fsp3) is 0.368. The Labute approximate surface area is 163 Å². The van der Waals surface area contributed by atoms with Gasteiger partial charge in [-0.3, -0.25) is 4.79 Å². The van der Waals surface area contributed by atoms with Crippen LogP contribution in [0, 0.1) is 0 Å². The minimum atomic E-state index is -0.560. The first-order valence-corrected chi connectivity index (χ1v) is 9.80. The van der Waals surface area contributed by atoms with Crippen LogP contribution in [0.2, 0.25) is 0 Å². The molecule has 7 nitrogen and oxygen atoms in total. The predicted molar refractivity (Wildman–Crippen MR) is 107 cm³/mol. The molecule has 144 valence electrons. The highest BCUT2D eigenvalue weighted by Crippen LogP contribution is 2.20. The van der Waals surface area contributed by atoms with Crippen LogP contribution in [0.5, 0.6) is 0 Å². The van der Waals surface area contributed by atoms with Crippen molar-refractivity contribution in [2.75, 3.05) is 29.5 Å². The average Bonchev–Trinajstić information content (AvgIpc) is 2.67. The van der Waals surface area contributed by atoms with Gasteiger partial charge in [-0.05, 0) is 38.0 Å². The van der Waals surface area contributed by atoms with Crippen LogP contribution < -0.4 is 10.6 Å². The number of nitrogen functional groups attached to an aromatic ring is 1. The molecule has 2 aromatic rings. The molecule has 1 aromatic heterocycles. The number of esters is 1. The Morgan fingerprint density at radius 3 is 2.44 bits per heavy atom. The van der Waals surface area contributed by atoms with Gasteiger partial charge in [-0.15, -0.1) is 0 Å². The molecule has 0 unspecified atom stereocenters. The lowest BCUT2D eigenvalue weighted by Crippen LogP contribution is -2.32. The number of amides is 1. The average molecular weight is 388 g/mol. The van der Waals surface area contributed by atoms with Gasteiger partial charge in [0.25, 0.3) is 0 Å². The molecule has 8 heteroatoms. The number of ether oxygens (including phenoxy) is 1. The Balaban J connectivity index is 2.02. The summed E-state index contributed by atoms with van der Waals surface area (Å²) in [4.78, 5) is 34.2. The zero-order valence-electron chi connectivity index (χ0n) is 15.8. The topological polar surface area (TPSA) is 98.4 Å². The second kappa shape index (κ2) is 9.91. The summed E-state index contributed by atoms with van der Waals surface area (Å²) >= 11 is 1.18. The van der Waals surface area contributed by atoms with E-state index in [0.717, 1.165) is 12.1 Å². The minimum absolute atomic E-state index is 0.0425. The number of anilines is 2. The fourth-order valence-corrected chi connectivity index (χ4v) is 3.13. The molecule has 0 aliphatic heterocycles. The molecule has 0 atom stereocenters. The summed E-state index contributed by atoms with van der Waals surface area (Å²) in [5.41, 5.74) is 8.01. The standard InChI is InChI=1S/C19H24N4O3S/c1-4-13-7-9-14(10-8-13)23(5-2)16(24)12-27-19-21-11-15(17(20)22-19)18(25)26-6-3/h7-11H,4-6,12H2,1-3H3,(H2,20,21,22). The van der Waals surface area contributed by atoms with Crippen molar-refractivity contribution in [3.05, 3.63) is 41.6 Å². The Hall–Kier alpha value is -2.61. The Morgan fingerprint density at radius 2 is 1.89 bits per heavy atom. The van der Waals surface area contributed by atoms with E-state index in [4.69, 9.17) is 10.5 Å². The minimum Gasteiger partial charge on any atom is -0.462 e. The van der Waals surface area contributed by atoms with Gasteiger partial charge in [0.05, 0.1) is 12.4 Å². The van der Waals surface area contributed by atoms with Gasteiger partial charge in [0.15, 0.2) is 5.16 Å². The lowest BCUT2D eigenvalue weighted by Gasteiger charge is -2.21. The zero-order valence-corrected chi connectivity index (χ0v) is 16.6. The number of nitrogens with two attached hydrogens (primary N) is 1. The number of thioether (sulfide) groups is 1. The number of benzene rings is 1. The van der Waals surface area contributed by atoms with Crippen molar-refractivity contribution in [1.29, 1.82) is 0 Å². The number of nitrogens with zero attached hydrogens (tertiary/aromatic N) is 3. The molecule has 2 rings (SSSR count). The first kappa shape index (κ1) is 20.7. The van der Waals surface area contributed by atoms with Crippen molar-refractivity contribution >= 4 is 35.1 Å².